The normalized spacial score (nSPS) is 26.8. The molecule has 0 aliphatic carbocycles. The van der Waals surface area contributed by atoms with Crippen LogP contribution in [0.15, 0.2) is 0 Å². The summed E-state index contributed by atoms with van der Waals surface area (Å²) >= 11 is 0. The molecule has 0 aromatic rings. The number of alkyl halides is 3. The molecule has 1 aliphatic rings. The van der Waals surface area contributed by atoms with Crippen molar-refractivity contribution in [2.24, 2.45) is 5.92 Å². The number of carbonyl (C=O) groups is 2. The van der Waals surface area contributed by atoms with Crippen LogP contribution in [0.25, 0.3) is 0 Å². The number of rotatable bonds is 1. The molecule has 0 bridgehead atoms. The fourth-order valence-corrected chi connectivity index (χ4v) is 1.66. The number of nitrogens with zero attached hydrogens (tertiary/aromatic N) is 1. The van der Waals surface area contributed by atoms with Crippen molar-refractivity contribution in [1.29, 1.82) is 0 Å². The van der Waals surface area contributed by atoms with Gasteiger partial charge in [0.05, 0.1) is 5.92 Å². The van der Waals surface area contributed by atoms with Gasteiger partial charge in [-0.3, -0.25) is 4.79 Å². The van der Waals surface area contributed by atoms with Crippen LogP contribution in [0.4, 0.5) is 13.2 Å². The highest BCUT2D eigenvalue weighted by molar-refractivity contribution is 5.83. The summed E-state index contributed by atoms with van der Waals surface area (Å²) in [5.41, 5.74) is 0. The van der Waals surface area contributed by atoms with Crippen molar-refractivity contribution in [2.45, 2.75) is 25.6 Å². The molecular formula is C8H10F3NO3. The number of halogens is 3. The molecule has 86 valence electrons. The molecule has 1 aliphatic heterocycles. The lowest BCUT2D eigenvalue weighted by atomic mass is 10.1. The maximum Gasteiger partial charge on any atom is 0.393 e. The first-order valence-corrected chi connectivity index (χ1v) is 4.30. The van der Waals surface area contributed by atoms with Gasteiger partial charge in [0.15, 0.2) is 0 Å². The van der Waals surface area contributed by atoms with Crippen LogP contribution < -0.4 is 0 Å². The number of likely N-dealkylation sites (tertiary alicyclic amines) is 1. The highest BCUT2D eigenvalue weighted by Crippen LogP contribution is 2.36. The molecule has 0 saturated carbocycles. The first-order chi connectivity index (χ1) is 6.73. The lowest BCUT2D eigenvalue weighted by molar-refractivity contribution is -0.171. The molecule has 4 nitrogen and oxygen atoms in total. The van der Waals surface area contributed by atoms with Crippen molar-refractivity contribution in [3.63, 3.8) is 0 Å². The van der Waals surface area contributed by atoms with E-state index in [4.69, 9.17) is 5.11 Å². The van der Waals surface area contributed by atoms with Crippen molar-refractivity contribution in [1.82, 2.24) is 4.90 Å². The van der Waals surface area contributed by atoms with Crippen LogP contribution in [0, 0.1) is 5.92 Å². The molecule has 7 heteroatoms. The predicted molar refractivity (Wildman–Crippen MR) is 43.0 cm³/mol. The van der Waals surface area contributed by atoms with Gasteiger partial charge in [-0.1, -0.05) is 0 Å². The van der Waals surface area contributed by atoms with Crippen molar-refractivity contribution in [2.75, 3.05) is 6.54 Å². The van der Waals surface area contributed by atoms with Crippen LogP contribution in [0.5, 0.6) is 0 Å². The van der Waals surface area contributed by atoms with Gasteiger partial charge in [-0.15, -0.1) is 0 Å². The molecule has 0 radical (unpaired) electrons. The number of aliphatic carboxylic acids is 1. The Balaban J connectivity index is 2.83. The van der Waals surface area contributed by atoms with Gasteiger partial charge in [-0.25, -0.2) is 4.79 Å². The Labute approximate surface area is 83.7 Å². The first kappa shape index (κ1) is 11.8. The number of carboxylic acids is 1. The minimum Gasteiger partial charge on any atom is -0.480 e. The van der Waals surface area contributed by atoms with E-state index in [-0.39, 0.29) is 0 Å². The lowest BCUT2D eigenvalue weighted by Crippen LogP contribution is -2.39. The van der Waals surface area contributed by atoms with Crippen LogP contribution in [-0.2, 0) is 9.59 Å². The second-order valence-corrected chi connectivity index (χ2v) is 3.50. The highest BCUT2D eigenvalue weighted by Gasteiger charge is 2.50. The smallest absolute Gasteiger partial charge is 0.393 e. The summed E-state index contributed by atoms with van der Waals surface area (Å²) in [4.78, 5) is 22.3. The van der Waals surface area contributed by atoms with E-state index < -0.39 is 43.0 Å². The van der Waals surface area contributed by atoms with Gasteiger partial charge < -0.3 is 10.0 Å². The molecule has 2 unspecified atom stereocenters. The molecule has 1 saturated heterocycles. The SMILES string of the molecule is CC(=O)N1CC(C(F)(F)F)CC1C(=O)O. The Morgan fingerprint density at radius 3 is 2.20 bits per heavy atom. The summed E-state index contributed by atoms with van der Waals surface area (Å²) < 4.78 is 36.9. The lowest BCUT2D eigenvalue weighted by Gasteiger charge is -2.19. The molecule has 0 aromatic heterocycles. The molecule has 0 aromatic carbocycles. The van der Waals surface area contributed by atoms with E-state index in [1.54, 1.807) is 0 Å². The quantitative estimate of drug-likeness (QED) is 0.720. The fourth-order valence-electron chi connectivity index (χ4n) is 1.66. The molecule has 1 fully saturated rings. The van der Waals surface area contributed by atoms with Crippen LogP contribution in [0.1, 0.15) is 13.3 Å². The minimum absolute atomic E-state index is 0.557. The highest BCUT2D eigenvalue weighted by atomic mass is 19.4. The maximum absolute atomic E-state index is 12.3. The van der Waals surface area contributed by atoms with E-state index in [0.29, 0.717) is 0 Å². The van der Waals surface area contributed by atoms with Crippen molar-refractivity contribution in [3.8, 4) is 0 Å². The first-order valence-electron chi connectivity index (χ1n) is 4.30. The molecule has 0 spiro atoms. The minimum atomic E-state index is -4.45. The van der Waals surface area contributed by atoms with Crippen LogP contribution in [0.2, 0.25) is 0 Å². The number of hydrogen-bond acceptors (Lipinski definition) is 2. The zero-order chi connectivity index (χ0) is 11.8. The Bertz CT molecular complexity index is 267. The number of hydrogen-bond donors (Lipinski definition) is 1. The van der Waals surface area contributed by atoms with Crippen LogP contribution >= 0.6 is 0 Å². The summed E-state index contributed by atoms with van der Waals surface area (Å²) in [6.45, 7) is 0.504. The van der Waals surface area contributed by atoms with E-state index in [1.165, 1.54) is 0 Å². The second-order valence-electron chi connectivity index (χ2n) is 3.50. The van der Waals surface area contributed by atoms with Gasteiger partial charge in [0, 0.05) is 13.5 Å². The third kappa shape index (κ3) is 2.40. The molecular weight excluding hydrogens is 215 g/mol. The van der Waals surface area contributed by atoms with Crippen molar-refractivity contribution < 1.29 is 27.9 Å². The fraction of sp³-hybridized carbons (Fsp3) is 0.750. The molecule has 1 amide bonds. The van der Waals surface area contributed by atoms with Gasteiger partial charge in [-0.2, -0.15) is 13.2 Å². The third-order valence-electron chi connectivity index (χ3n) is 2.45. The number of amides is 1. The van der Waals surface area contributed by atoms with E-state index in [9.17, 15) is 22.8 Å². The van der Waals surface area contributed by atoms with Gasteiger partial charge in [0.1, 0.15) is 6.04 Å². The Morgan fingerprint density at radius 1 is 1.40 bits per heavy atom. The van der Waals surface area contributed by atoms with Gasteiger partial charge in [0.2, 0.25) is 5.91 Å². The maximum atomic E-state index is 12.3. The largest absolute Gasteiger partial charge is 0.480 e. The Morgan fingerprint density at radius 2 is 1.93 bits per heavy atom. The topological polar surface area (TPSA) is 57.6 Å². The Hall–Kier alpha value is -1.27. The summed E-state index contributed by atoms with van der Waals surface area (Å²) in [6.07, 6.45) is -5.00. The summed E-state index contributed by atoms with van der Waals surface area (Å²) in [6, 6.07) is -1.35. The van der Waals surface area contributed by atoms with E-state index >= 15 is 0 Å². The molecule has 2 atom stereocenters. The standard InChI is InChI=1S/C8H10F3NO3/c1-4(13)12-3-5(8(9,10)11)2-6(12)7(14)15/h5-6H,2-3H2,1H3,(H,14,15). The zero-order valence-corrected chi connectivity index (χ0v) is 7.91. The van der Waals surface area contributed by atoms with Gasteiger partial charge in [0.25, 0.3) is 0 Å². The summed E-state index contributed by atoms with van der Waals surface area (Å²) in [5, 5.41) is 8.65. The van der Waals surface area contributed by atoms with E-state index in [1.807, 2.05) is 0 Å². The number of carboxylic acid groups (broad SMARTS) is 1. The van der Waals surface area contributed by atoms with E-state index in [0.717, 1.165) is 11.8 Å². The second kappa shape index (κ2) is 3.71. The predicted octanol–water partition coefficient (Wildman–Crippen LogP) is 0.870. The van der Waals surface area contributed by atoms with E-state index in [2.05, 4.69) is 0 Å². The monoisotopic (exact) mass is 225 g/mol. The molecule has 1 heterocycles. The summed E-state index contributed by atoms with van der Waals surface area (Å²) in [7, 11) is 0. The Kier molecular flexibility index (Phi) is 2.92. The van der Waals surface area contributed by atoms with Gasteiger partial charge in [-0.05, 0) is 6.42 Å². The van der Waals surface area contributed by atoms with Gasteiger partial charge >= 0.3 is 12.1 Å². The third-order valence-corrected chi connectivity index (χ3v) is 2.45. The number of carbonyl (C=O) groups excluding carboxylic acids is 1. The van der Waals surface area contributed by atoms with Crippen LogP contribution in [-0.4, -0.2) is 40.6 Å². The van der Waals surface area contributed by atoms with Crippen molar-refractivity contribution >= 4 is 11.9 Å². The molecule has 15 heavy (non-hydrogen) atoms. The van der Waals surface area contributed by atoms with Crippen LogP contribution in [0.3, 0.4) is 0 Å². The van der Waals surface area contributed by atoms with Crippen molar-refractivity contribution in [3.05, 3.63) is 0 Å². The average molecular weight is 225 g/mol. The average Bonchev–Trinajstić information content (AvgIpc) is 2.45. The molecule has 1 N–H and O–H groups in total. The zero-order valence-electron chi connectivity index (χ0n) is 7.91. The molecule has 1 rings (SSSR count). The summed E-state index contributed by atoms with van der Waals surface area (Å²) in [5.74, 6) is -3.77.